The van der Waals surface area contributed by atoms with E-state index in [1.807, 2.05) is 0 Å². The number of amidine groups is 1. The van der Waals surface area contributed by atoms with E-state index < -0.39 is 5.97 Å². The maximum Gasteiger partial charge on any atom is 0.337 e. The molecule has 1 aliphatic rings. The first-order valence-electron chi connectivity index (χ1n) is 7.71. The highest BCUT2D eigenvalue weighted by Gasteiger charge is 2.30. The van der Waals surface area contributed by atoms with Gasteiger partial charge in [0.15, 0.2) is 5.17 Å². The van der Waals surface area contributed by atoms with Gasteiger partial charge in [-0.3, -0.25) is 9.69 Å². The highest BCUT2D eigenvalue weighted by Crippen LogP contribution is 2.33. The Balaban J connectivity index is 1.83. The molecule has 1 heterocycles. The van der Waals surface area contributed by atoms with Crippen molar-refractivity contribution >= 4 is 40.6 Å². The van der Waals surface area contributed by atoms with Crippen molar-refractivity contribution in [3.05, 3.63) is 64.6 Å². The molecule has 132 valence electrons. The number of esters is 1. The Morgan fingerprint density at radius 1 is 1.15 bits per heavy atom. The van der Waals surface area contributed by atoms with Gasteiger partial charge in [0.05, 0.1) is 23.3 Å². The third-order valence-corrected chi connectivity index (χ3v) is 4.77. The number of likely N-dealkylation sites (N-methyl/N-ethyl adjacent to an activating group) is 1. The van der Waals surface area contributed by atoms with E-state index in [1.54, 1.807) is 61.7 Å². The summed E-state index contributed by atoms with van der Waals surface area (Å²) in [4.78, 5) is 30.4. The number of ether oxygens (including phenoxy) is 1. The number of carbonyl (C=O) groups excluding carboxylic acids is 2. The van der Waals surface area contributed by atoms with Crippen LogP contribution < -0.4 is 0 Å². The molecule has 7 heteroatoms. The lowest BCUT2D eigenvalue weighted by molar-refractivity contribution is -0.121. The Bertz CT molecular complexity index is 902. The molecular weight excluding hydrogens is 352 g/mol. The van der Waals surface area contributed by atoms with Crippen LogP contribution in [-0.4, -0.2) is 41.2 Å². The van der Waals surface area contributed by atoms with Gasteiger partial charge >= 0.3 is 5.97 Å². The van der Waals surface area contributed by atoms with Gasteiger partial charge in [0.25, 0.3) is 5.91 Å². The van der Waals surface area contributed by atoms with E-state index in [1.165, 1.54) is 23.8 Å². The van der Waals surface area contributed by atoms with Crippen LogP contribution in [0, 0.1) is 0 Å². The summed E-state index contributed by atoms with van der Waals surface area (Å²) in [6.07, 6.45) is 1.76. The third kappa shape index (κ3) is 3.78. The van der Waals surface area contributed by atoms with Gasteiger partial charge in [0, 0.05) is 7.05 Å². The number of thioether (sulfide) groups is 1. The summed E-state index contributed by atoms with van der Waals surface area (Å²) in [6, 6.07) is 13.2. The van der Waals surface area contributed by atoms with Crippen molar-refractivity contribution in [2.24, 2.45) is 4.99 Å². The molecule has 0 saturated carbocycles. The maximum atomic E-state index is 12.4. The average Bonchev–Trinajstić information content (AvgIpc) is 2.91. The molecule has 0 unspecified atom stereocenters. The highest BCUT2D eigenvalue weighted by atomic mass is 32.2. The van der Waals surface area contributed by atoms with Crippen LogP contribution in [-0.2, 0) is 9.53 Å². The Labute approximate surface area is 154 Å². The van der Waals surface area contributed by atoms with E-state index in [2.05, 4.69) is 9.73 Å². The number of nitrogens with zero attached hydrogens (tertiary/aromatic N) is 2. The summed E-state index contributed by atoms with van der Waals surface area (Å²) < 4.78 is 4.66. The van der Waals surface area contributed by atoms with Gasteiger partial charge in [-0.25, -0.2) is 9.79 Å². The molecule has 2 aromatic rings. The Morgan fingerprint density at radius 2 is 1.81 bits per heavy atom. The predicted octanol–water partition coefficient (Wildman–Crippen LogP) is 3.41. The summed E-state index contributed by atoms with van der Waals surface area (Å²) in [5.41, 5.74) is 1.88. The van der Waals surface area contributed by atoms with Crippen LogP contribution in [0.15, 0.2) is 58.4 Å². The molecule has 0 bridgehead atoms. The Morgan fingerprint density at radius 3 is 2.42 bits per heavy atom. The minimum atomic E-state index is -0.411. The Hall–Kier alpha value is -3.06. The molecule has 26 heavy (non-hydrogen) atoms. The molecule has 2 aromatic carbocycles. The smallest absolute Gasteiger partial charge is 0.337 e. The van der Waals surface area contributed by atoms with Gasteiger partial charge in [-0.15, -0.1) is 0 Å². The van der Waals surface area contributed by atoms with E-state index >= 15 is 0 Å². The number of hydrogen-bond donors (Lipinski definition) is 1. The first kappa shape index (κ1) is 17.8. The molecule has 0 radical (unpaired) electrons. The molecule has 1 fully saturated rings. The van der Waals surface area contributed by atoms with Crippen LogP contribution in [0.25, 0.3) is 6.08 Å². The second-order valence-electron chi connectivity index (χ2n) is 5.50. The van der Waals surface area contributed by atoms with Gasteiger partial charge in [-0.05, 0) is 59.8 Å². The fourth-order valence-electron chi connectivity index (χ4n) is 2.27. The van der Waals surface area contributed by atoms with Crippen molar-refractivity contribution in [2.75, 3.05) is 14.2 Å². The zero-order chi connectivity index (χ0) is 18.7. The topological polar surface area (TPSA) is 79.2 Å². The molecule has 0 spiro atoms. The van der Waals surface area contributed by atoms with E-state index in [-0.39, 0.29) is 11.7 Å². The Kier molecular flexibility index (Phi) is 5.09. The molecular formula is C19H16N2O4S. The lowest BCUT2D eigenvalue weighted by Gasteiger charge is -2.07. The number of aliphatic imine (C=N–C) groups is 1. The number of methoxy groups -OCH3 is 1. The van der Waals surface area contributed by atoms with Gasteiger partial charge in [-0.1, -0.05) is 12.1 Å². The van der Waals surface area contributed by atoms with E-state index in [0.717, 1.165) is 5.56 Å². The van der Waals surface area contributed by atoms with Crippen molar-refractivity contribution in [1.29, 1.82) is 0 Å². The standard InChI is InChI=1S/C19H16N2O4S/c1-21-17(23)16(11-12-3-9-15(22)10-4-12)26-19(21)20-14-7-5-13(6-8-14)18(24)25-2/h3-11,22H,1-2H3/b16-11+,20-19?. The molecule has 1 aliphatic heterocycles. The molecule has 0 aliphatic carbocycles. The van der Waals surface area contributed by atoms with Crippen molar-refractivity contribution in [3.63, 3.8) is 0 Å². The molecule has 1 N–H and O–H groups in total. The van der Waals surface area contributed by atoms with Crippen LogP contribution >= 0.6 is 11.8 Å². The first-order valence-corrected chi connectivity index (χ1v) is 8.53. The summed E-state index contributed by atoms with van der Waals surface area (Å²) in [7, 11) is 2.99. The molecule has 0 aromatic heterocycles. The van der Waals surface area contributed by atoms with Crippen LogP contribution in [0.5, 0.6) is 5.75 Å². The third-order valence-electron chi connectivity index (χ3n) is 3.71. The maximum absolute atomic E-state index is 12.4. The second-order valence-corrected chi connectivity index (χ2v) is 6.51. The normalized spacial score (nSPS) is 17.2. The number of rotatable bonds is 3. The SMILES string of the molecule is COC(=O)c1ccc(N=C2S/C(=C/c3ccc(O)cc3)C(=O)N2C)cc1. The van der Waals surface area contributed by atoms with Crippen LogP contribution in [0.2, 0.25) is 0 Å². The van der Waals surface area contributed by atoms with Gasteiger partial charge in [0.2, 0.25) is 0 Å². The minimum Gasteiger partial charge on any atom is -0.508 e. The molecule has 1 saturated heterocycles. The summed E-state index contributed by atoms with van der Waals surface area (Å²) in [6.45, 7) is 0. The van der Waals surface area contributed by atoms with Crippen molar-refractivity contribution < 1.29 is 19.4 Å². The number of hydrogen-bond acceptors (Lipinski definition) is 6. The fraction of sp³-hybridized carbons (Fsp3) is 0.105. The lowest BCUT2D eigenvalue weighted by Crippen LogP contribution is -2.23. The summed E-state index contributed by atoms with van der Waals surface area (Å²) in [5.74, 6) is -0.383. The number of aromatic hydroxyl groups is 1. The molecule has 6 nitrogen and oxygen atoms in total. The predicted molar refractivity (Wildman–Crippen MR) is 101 cm³/mol. The monoisotopic (exact) mass is 368 g/mol. The quantitative estimate of drug-likeness (QED) is 0.663. The van der Waals surface area contributed by atoms with Crippen LogP contribution in [0.3, 0.4) is 0 Å². The van der Waals surface area contributed by atoms with Crippen LogP contribution in [0.1, 0.15) is 15.9 Å². The van der Waals surface area contributed by atoms with Gasteiger partial charge < -0.3 is 9.84 Å². The van der Waals surface area contributed by atoms with Gasteiger partial charge in [-0.2, -0.15) is 0 Å². The average molecular weight is 368 g/mol. The molecule has 1 amide bonds. The zero-order valence-electron chi connectivity index (χ0n) is 14.2. The summed E-state index contributed by atoms with van der Waals surface area (Å²) >= 11 is 1.27. The number of phenolic OH excluding ortho intramolecular Hbond substituents is 1. The summed E-state index contributed by atoms with van der Waals surface area (Å²) in [5, 5.41) is 9.89. The largest absolute Gasteiger partial charge is 0.508 e. The van der Waals surface area contributed by atoms with E-state index in [9.17, 15) is 14.7 Å². The fourth-order valence-corrected chi connectivity index (χ4v) is 3.26. The minimum absolute atomic E-state index is 0.145. The highest BCUT2D eigenvalue weighted by molar-refractivity contribution is 8.18. The van der Waals surface area contributed by atoms with Crippen molar-refractivity contribution in [1.82, 2.24) is 4.90 Å². The van der Waals surface area contributed by atoms with Crippen molar-refractivity contribution in [3.8, 4) is 5.75 Å². The first-order chi connectivity index (χ1) is 12.5. The zero-order valence-corrected chi connectivity index (χ0v) is 15.0. The van der Waals surface area contributed by atoms with Crippen LogP contribution in [0.4, 0.5) is 5.69 Å². The van der Waals surface area contributed by atoms with E-state index in [4.69, 9.17) is 0 Å². The van der Waals surface area contributed by atoms with Gasteiger partial charge in [0.1, 0.15) is 5.75 Å². The van der Waals surface area contributed by atoms with E-state index in [0.29, 0.717) is 21.3 Å². The number of phenols is 1. The molecule has 3 rings (SSSR count). The number of benzene rings is 2. The number of amides is 1. The lowest BCUT2D eigenvalue weighted by atomic mass is 10.2. The number of carbonyl (C=O) groups is 2. The second kappa shape index (κ2) is 7.45. The van der Waals surface area contributed by atoms with Crippen molar-refractivity contribution in [2.45, 2.75) is 0 Å². The molecule has 0 atom stereocenters.